The number of para-hydroxylation sites is 1. The second-order valence-electron chi connectivity index (χ2n) is 9.61. The highest BCUT2D eigenvalue weighted by Crippen LogP contribution is 2.32. The Bertz CT molecular complexity index is 1240. The van der Waals surface area contributed by atoms with Crippen molar-refractivity contribution in [3.8, 4) is 0 Å². The first kappa shape index (κ1) is 27.0. The summed E-state index contributed by atoms with van der Waals surface area (Å²) in [6.07, 6.45) is 5.95. The van der Waals surface area contributed by atoms with Gasteiger partial charge >= 0.3 is 0 Å². The van der Waals surface area contributed by atoms with Gasteiger partial charge in [0.05, 0.1) is 0 Å². The summed E-state index contributed by atoms with van der Waals surface area (Å²) in [5, 5.41) is 5.84. The molecule has 3 amide bonds. The number of carbonyl (C=O) groups excluding carboxylic acids is 3. The summed E-state index contributed by atoms with van der Waals surface area (Å²) in [4.78, 5) is 45.5. The predicted octanol–water partition coefficient (Wildman–Crippen LogP) is 5.47. The van der Waals surface area contributed by atoms with Gasteiger partial charge < -0.3 is 10.6 Å². The van der Waals surface area contributed by atoms with Gasteiger partial charge in [0.15, 0.2) is 0 Å². The number of rotatable bonds is 10. The molecule has 1 saturated carbocycles. The number of amides is 3. The Morgan fingerprint density at radius 1 is 0.974 bits per heavy atom. The van der Waals surface area contributed by atoms with E-state index in [1.165, 1.54) is 17.0 Å². The molecule has 0 aliphatic heterocycles. The van der Waals surface area contributed by atoms with E-state index in [4.69, 9.17) is 0 Å². The molecule has 1 unspecified atom stereocenters. The zero-order valence-corrected chi connectivity index (χ0v) is 21.5. The summed E-state index contributed by atoms with van der Waals surface area (Å²) >= 11 is 0. The number of halogens is 1. The summed E-state index contributed by atoms with van der Waals surface area (Å²) in [6, 6.07) is 17.4. The monoisotopic (exact) mass is 516 g/mol. The highest BCUT2D eigenvalue weighted by atomic mass is 19.1. The van der Waals surface area contributed by atoms with Gasteiger partial charge in [-0.3, -0.25) is 19.3 Å². The van der Waals surface area contributed by atoms with Crippen LogP contribution >= 0.6 is 0 Å². The van der Waals surface area contributed by atoms with Gasteiger partial charge in [-0.1, -0.05) is 49.2 Å². The maximum atomic E-state index is 13.8. The van der Waals surface area contributed by atoms with E-state index >= 15 is 0 Å². The Labute approximate surface area is 222 Å². The van der Waals surface area contributed by atoms with Crippen molar-refractivity contribution in [2.24, 2.45) is 0 Å². The number of aromatic nitrogens is 1. The molecule has 38 heavy (non-hydrogen) atoms. The first-order valence-corrected chi connectivity index (χ1v) is 13.1. The van der Waals surface area contributed by atoms with Crippen LogP contribution in [-0.4, -0.2) is 28.7 Å². The molecule has 1 aromatic heterocycles. The van der Waals surface area contributed by atoms with Gasteiger partial charge in [-0.05, 0) is 67.6 Å². The highest BCUT2D eigenvalue weighted by Gasteiger charge is 2.34. The Hall–Kier alpha value is -4.07. The molecule has 1 aliphatic carbocycles. The third kappa shape index (κ3) is 7.03. The molecule has 3 aromatic rings. The fourth-order valence-corrected chi connectivity index (χ4v) is 4.83. The van der Waals surface area contributed by atoms with E-state index in [-0.39, 0.29) is 36.6 Å². The molecule has 0 saturated heterocycles. The number of hydrogen-bond acceptors (Lipinski definition) is 4. The van der Waals surface area contributed by atoms with Crippen LogP contribution in [0.2, 0.25) is 0 Å². The SMILES string of the molecule is Cc1ccccc1N(C(=O)CCCC(=O)Nc1ccccn1)C(C(=O)NC1CCCC1)c1ccc(F)cc1. The Balaban J connectivity index is 1.58. The van der Waals surface area contributed by atoms with Crippen LogP contribution in [0.25, 0.3) is 0 Å². The second-order valence-corrected chi connectivity index (χ2v) is 9.61. The number of anilines is 2. The molecule has 2 aromatic carbocycles. The zero-order valence-electron chi connectivity index (χ0n) is 21.5. The maximum Gasteiger partial charge on any atom is 0.248 e. The number of pyridine rings is 1. The van der Waals surface area contributed by atoms with Gasteiger partial charge in [-0.25, -0.2) is 9.37 Å². The Morgan fingerprint density at radius 3 is 2.37 bits per heavy atom. The summed E-state index contributed by atoms with van der Waals surface area (Å²) in [5.41, 5.74) is 1.95. The van der Waals surface area contributed by atoms with E-state index in [0.717, 1.165) is 31.2 Å². The van der Waals surface area contributed by atoms with Crippen molar-refractivity contribution in [1.29, 1.82) is 0 Å². The Kier molecular flexibility index (Phi) is 9.19. The second kappa shape index (κ2) is 12.9. The van der Waals surface area contributed by atoms with Crippen molar-refractivity contribution >= 4 is 29.2 Å². The largest absolute Gasteiger partial charge is 0.351 e. The fourth-order valence-electron chi connectivity index (χ4n) is 4.83. The van der Waals surface area contributed by atoms with Crippen molar-refractivity contribution in [2.45, 2.75) is 64.0 Å². The minimum Gasteiger partial charge on any atom is -0.351 e. The first-order chi connectivity index (χ1) is 18.4. The lowest BCUT2D eigenvalue weighted by atomic mass is 10.00. The van der Waals surface area contributed by atoms with Crippen LogP contribution in [0, 0.1) is 12.7 Å². The third-order valence-corrected chi connectivity index (χ3v) is 6.76. The molecule has 198 valence electrons. The lowest BCUT2D eigenvalue weighted by molar-refractivity contribution is -0.127. The summed E-state index contributed by atoms with van der Waals surface area (Å²) in [5.74, 6) is -0.802. The van der Waals surface area contributed by atoms with Crippen LogP contribution in [0.4, 0.5) is 15.9 Å². The lowest BCUT2D eigenvalue weighted by Gasteiger charge is -2.33. The molecule has 2 N–H and O–H groups in total. The standard InChI is InChI=1S/C30H33FN4O3/c1-21-9-2-5-12-25(21)35(28(37)15-8-14-27(36)34-26-13-6-7-20-32-26)29(22-16-18-23(31)19-17-22)30(38)33-24-10-3-4-11-24/h2,5-7,9,12-13,16-20,24,29H,3-4,8,10-11,14-15H2,1H3,(H,33,38)(H,32,34,36). The van der Waals surface area contributed by atoms with Gasteiger partial charge in [-0.15, -0.1) is 0 Å². The van der Waals surface area contributed by atoms with E-state index < -0.39 is 11.9 Å². The molecule has 0 spiro atoms. The van der Waals surface area contributed by atoms with Crippen LogP contribution < -0.4 is 15.5 Å². The number of hydrogen-bond donors (Lipinski definition) is 2. The summed E-state index contributed by atoms with van der Waals surface area (Å²) < 4.78 is 13.8. The zero-order chi connectivity index (χ0) is 26.9. The predicted molar refractivity (Wildman–Crippen MR) is 145 cm³/mol. The van der Waals surface area contributed by atoms with E-state index in [1.54, 1.807) is 42.6 Å². The van der Waals surface area contributed by atoms with Crippen molar-refractivity contribution in [2.75, 3.05) is 10.2 Å². The number of benzene rings is 2. The molecule has 1 atom stereocenters. The van der Waals surface area contributed by atoms with Gasteiger partial charge in [-0.2, -0.15) is 0 Å². The topological polar surface area (TPSA) is 91.4 Å². The summed E-state index contributed by atoms with van der Waals surface area (Å²) in [7, 11) is 0. The molecule has 1 heterocycles. The molecular formula is C30H33FN4O3. The normalized spacial score (nSPS) is 14.1. The minimum absolute atomic E-state index is 0.0505. The average molecular weight is 517 g/mol. The van der Waals surface area contributed by atoms with Crippen LogP contribution in [-0.2, 0) is 14.4 Å². The average Bonchev–Trinajstić information content (AvgIpc) is 3.42. The van der Waals surface area contributed by atoms with Crippen LogP contribution in [0.3, 0.4) is 0 Å². The van der Waals surface area contributed by atoms with Crippen molar-refractivity contribution in [3.63, 3.8) is 0 Å². The van der Waals surface area contributed by atoms with Crippen LogP contribution in [0.5, 0.6) is 0 Å². The molecule has 1 aliphatic rings. The van der Waals surface area contributed by atoms with Crippen LogP contribution in [0.1, 0.15) is 62.1 Å². The van der Waals surface area contributed by atoms with Crippen molar-refractivity contribution < 1.29 is 18.8 Å². The number of nitrogens with zero attached hydrogens (tertiary/aromatic N) is 2. The van der Waals surface area contributed by atoms with E-state index in [9.17, 15) is 18.8 Å². The van der Waals surface area contributed by atoms with E-state index in [1.807, 2.05) is 25.1 Å². The quantitative estimate of drug-likeness (QED) is 0.374. The first-order valence-electron chi connectivity index (χ1n) is 13.1. The fraction of sp³-hybridized carbons (Fsp3) is 0.333. The third-order valence-electron chi connectivity index (χ3n) is 6.76. The highest BCUT2D eigenvalue weighted by molar-refractivity contribution is 6.02. The minimum atomic E-state index is -0.979. The molecule has 4 rings (SSSR count). The van der Waals surface area contributed by atoms with Crippen LogP contribution in [0.15, 0.2) is 72.9 Å². The molecule has 0 radical (unpaired) electrons. The lowest BCUT2D eigenvalue weighted by Crippen LogP contribution is -2.46. The number of nitrogens with one attached hydrogen (secondary N) is 2. The van der Waals surface area contributed by atoms with Gasteiger partial charge in [0.2, 0.25) is 17.7 Å². The van der Waals surface area contributed by atoms with Crippen molar-refractivity contribution in [1.82, 2.24) is 10.3 Å². The Morgan fingerprint density at radius 2 is 1.68 bits per heavy atom. The number of aryl methyl sites for hydroxylation is 1. The molecule has 1 fully saturated rings. The van der Waals surface area contributed by atoms with E-state index in [0.29, 0.717) is 23.5 Å². The molecule has 8 heteroatoms. The summed E-state index contributed by atoms with van der Waals surface area (Å²) in [6.45, 7) is 1.88. The molecule has 7 nitrogen and oxygen atoms in total. The van der Waals surface area contributed by atoms with Gasteiger partial charge in [0.1, 0.15) is 17.7 Å². The van der Waals surface area contributed by atoms with Gasteiger partial charge in [0.25, 0.3) is 0 Å². The maximum absolute atomic E-state index is 13.8. The van der Waals surface area contributed by atoms with Crippen molar-refractivity contribution in [3.05, 3.63) is 89.9 Å². The molecule has 0 bridgehead atoms. The smallest absolute Gasteiger partial charge is 0.248 e. The molecular weight excluding hydrogens is 483 g/mol. The van der Waals surface area contributed by atoms with Gasteiger partial charge in [0, 0.05) is 30.8 Å². The number of carbonyl (C=O) groups is 3. The van der Waals surface area contributed by atoms with E-state index in [2.05, 4.69) is 15.6 Å².